The average Bonchev–Trinajstić information content (AvgIpc) is 2.30. The lowest BCUT2D eigenvalue weighted by Crippen LogP contribution is -2.36. The van der Waals surface area contributed by atoms with E-state index >= 15 is 0 Å². The van der Waals surface area contributed by atoms with Crippen LogP contribution in [0.3, 0.4) is 0 Å². The summed E-state index contributed by atoms with van der Waals surface area (Å²) in [4.78, 5) is 2.17. The first-order valence-electron chi connectivity index (χ1n) is 4.65. The van der Waals surface area contributed by atoms with Crippen molar-refractivity contribution in [2.75, 3.05) is 31.2 Å². The predicted octanol–water partition coefficient (Wildman–Crippen LogP) is 1.20. The van der Waals surface area contributed by atoms with E-state index in [2.05, 4.69) is 17.0 Å². The molecule has 0 bridgehead atoms. The highest BCUT2D eigenvalue weighted by Crippen LogP contribution is 2.19. The first-order chi connectivity index (χ1) is 6.92. The van der Waals surface area contributed by atoms with Gasteiger partial charge in [-0.05, 0) is 18.2 Å². The van der Waals surface area contributed by atoms with Crippen molar-refractivity contribution in [3.05, 3.63) is 29.8 Å². The summed E-state index contributed by atoms with van der Waals surface area (Å²) in [6.07, 6.45) is 0. The van der Waals surface area contributed by atoms with E-state index in [0.29, 0.717) is 5.56 Å². The molecule has 2 rings (SSSR count). The van der Waals surface area contributed by atoms with Gasteiger partial charge in [-0.15, -0.1) is 0 Å². The largest absolute Gasteiger partial charge is 0.378 e. The van der Waals surface area contributed by atoms with E-state index in [0.717, 1.165) is 32.0 Å². The van der Waals surface area contributed by atoms with Gasteiger partial charge in [0.1, 0.15) is 6.07 Å². The minimum Gasteiger partial charge on any atom is -0.378 e. The molecule has 0 aromatic heterocycles. The highest BCUT2D eigenvalue weighted by atomic mass is 16.5. The lowest BCUT2D eigenvalue weighted by atomic mass is 10.1. The fourth-order valence-corrected chi connectivity index (χ4v) is 1.58. The van der Waals surface area contributed by atoms with Gasteiger partial charge < -0.3 is 9.64 Å². The molecule has 0 unspecified atom stereocenters. The maximum atomic E-state index is 8.93. The number of nitrogens with zero attached hydrogens (tertiary/aromatic N) is 2. The van der Waals surface area contributed by atoms with E-state index in [1.165, 1.54) is 0 Å². The minimum atomic E-state index is 0.714. The fourth-order valence-electron chi connectivity index (χ4n) is 1.58. The van der Waals surface area contributed by atoms with Crippen molar-refractivity contribution in [2.45, 2.75) is 0 Å². The van der Waals surface area contributed by atoms with Crippen molar-refractivity contribution in [1.82, 2.24) is 0 Å². The van der Waals surface area contributed by atoms with Crippen molar-refractivity contribution in [3.8, 4) is 6.07 Å². The molecule has 0 spiro atoms. The van der Waals surface area contributed by atoms with Gasteiger partial charge in [-0.3, -0.25) is 0 Å². The van der Waals surface area contributed by atoms with Gasteiger partial charge in [-0.1, -0.05) is 6.07 Å². The van der Waals surface area contributed by atoms with Gasteiger partial charge in [-0.25, -0.2) is 0 Å². The molecule has 0 N–H and O–H groups in total. The summed E-state index contributed by atoms with van der Waals surface area (Å²) in [5, 5.41) is 8.93. The zero-order valence-corrected chi connectivity index (χ0v) is 7.86. The van der Waals surface area contributed by atoms with Crippen LogP contribution >= 0.6 is 0 Å². The molecular formula is C11H11N2O. The van der Waals surface area contributed by atoms with Crippen LogP contribution in [0.1, 0.15) is 5.56 Å². The minimum absolute atomic E-state index is 0.714. The van der Waals surface area contributed by atoms with Crippen LogP contribution in [0, 0.1) is 17.4 Å². The summed E-state index contributed by atoms with van der Waals surface area (Å²) in [7, 11) is 0. The Balaban J connectivity index is 2.26. The number of benzene rings is 1. The summed E-state index contributed by atoms with van der Waals surface area (Å²) in [5.74, 6) is 0. The standard InChI is InChI=1S/C11H11N2O/c12-9-10-3-1-2-4-11(10)13-5-7-14-8-6-13/h1,3-4H,5-8H2. The SMILES string of the molecule is N#Cc1cc[c]cc1N1CCOCC1. The third-order valence-corrected chi connectivity index (χ3v) is 2.31. The van der Waals surface area contributed by atoms with Crippen molar-refractivity contribution in [3.63, 3.8) is 0 Å². The molecule has 0 saturated carbocycles. The summed E-state index contributed by atoms with van der Waals surface area (Å²) in [6.45, 7) is 3.18. The number of hydrogen-bond donors (Lipinski definition) is 0. The molecule has 1 fully saturated rings. The van der Waals surface area contributed by atoms with Gasteiger partial charge in [0, 0.05) is 13.1 Å². The molecule has 71 valence electrons. The van der Waals surface area contributed by atoms with Crippen LogP contribution in [0.2, 0.25) is 0 Å². The Morgan fingerprint density at radius 3 is 2.93 bits per heavy atom. The van der Waals surface area contributed by atoms with Crippen molar-refractivity contribution in [2.24, 2.45) is 0 Å². The van der Waals surface area contributed by atoms with Crippen LogP contribution in [0.4, 0.5) is 5.69 Å². The van der Waals surface area contributed by atoms with Crippen LogP contribution in [0.15, 0.2) is 18.2 Å². The number of hydrogen-bond acceptors (Lipinski definition) is 3. The van der Waals surface area contributed by atoms with Gasteiger partial charge in [-0.2, -0.15) is 5.26 Å². The number of anilines is 1. The lowest BCUT2D eigenvalue weighted by molar-refractivity contribution is 0.122. The second-order valence-corrected chi connectivity index (χ2v) is 3.15. The topological polar surface area (TPSA) is 36.3 Å². The quantitative estimate of drug-likeness (QED) is 0.662. The number of nitriles is 1. The first-order valence-corrected chi connectivity index (χ1v) is 4.65. The van der Waals surface area contributed by atoms with Gasteiger partial charge in [0.2, 0.25) is 0 Å². The molecule has 1 aliphatic heterocycles. The fraction of sp³-hybridized carbons (Fsp3) is 0.364. The van der Waals surface area contributed by atoms with E-state index in [1.54, 1.807) is 12.1 Å². The normalized spacial score (nSPS) is 16.4. The molecule has 1 aromatic rings. The monoisotopic (exact) mass is 187 g/mol. The predicted molar refractivity (Wildman–Crippen MR) is 53.0 cm³/mol. The molecule has 0 amide bonds. The average molecular weight is 187 g/mol. The molecule has 1 aromatic carbocycles. The van der Waals surface area contributed by atoms with Gasteiger partial charge in [0.05, 0.1) is 24.5 Å². The third kappa shape index (κ3) is 1.70. The van der Waals surface area contributed by atoms with E-state index in [4.69, 9.17) is 10.00 Å². The Hall–Kier alpha value is -1.53. The van der Waals surface area contributed by atoms with Crippen molar-refractivity contribution < 1.29 is 4.74 Å². The third-order valence-electron chi connectivity index (χ3n) is 2.31. The van der Waals surface area contributed by atoms with Gasteiger partial charge >= 0.3 is 0 Å². The number of morpholine rings is 1. The van der Waals surface area contributed by atoms with E-state index in [9.17, 15) is 0 Å². The Morgan fingerprint density at radius 2 is 2.21 bits per heavy atom. The smallest absolute Gasteiger partial charge is 0.101 e. The molecule has 1 radical (unpaired) electrons. The second-order valence-electron chi connectivity index (χ2n) is 3.15. The van der Waals surface area contributed by atoms with E-state index < -0.39 is 0 Å². The Labute approximate surface area is 83.5 Å². The molecule has 0 aliphatic carbocycles. The van der Waals surface area contributed by atoms with Crippen LogP contribution in [-0.4, -0.2) is 26.3 Å². The highest BCUT2D eigenvalue weighted by molar-refractivity contribution is 5.59. The Kier molecular flexibility index (Phi) is 2.66. The number of rotatable bonds is 1. The van der Waals surface area contributed by atoms with Crippen LogP contribution < -0.4 is 4.90 Å². The zero-order valence-electron chi connectivity index (χ0n) is 7.86. The summed E-state index contributed by atoms with van der Waals surface area (Å²) >= 11 is 0. The van der Waals surface area contributed by atoms with Gasteiger partial charge in [0.15, 0.2) is 0 Å². The van der Waals surface area contributed by atoms with Crippen LogP contribution in [-0.2, 0) is 4.74 Å². The maximum Gasteiger partial charge on any atom is 0.101 e. The molecular weight excluding hydrogens is 176 g/mol. The van der Waals surface area contributed by atoms with E-state index in [-0.39, 0.29) is 0 Å². The van der Waals surface area contributed by atoms with E-state index in [1.807, 2.05) is 6.07 Å². The van der Waals surface area contributed by atoms with Crippen LogP contribution in [0.25, 0.3) is 0 Å². The lowest BCUT2D eigenvalue weighted by Gasteiger charge is -2.29. The Bertz CT molecular complexity index is 351. The highest BCUT2D eigenvalue weighted by Gasteiger charge is 2.13. The maximum absolute atomic E-state index is 8.93. The molecule has 14 heavy (non-hydrogen) atoms. The first kappa shape index (κ1) is 9.04. The summed E-state index contributed by atoms with van der Waals surface area (Å²) in [6, 6.07) is 10.6. The second kappa shape index (κ2) is 4.12. The molecule has 3 heteroatoms. The van der Waals surface area contributed by atoms with Crippen molar-refractivity contribution in [1.29, 1.82) is 5.26 Å². The molecule has 1 saturated heterocycles. The number of ether oxygens (including phenoxy) is 1. The summed E-state index contributed by atoms with van der Waals surface area (Å²) < 4.78 is 5.26. The Morgan fingerprint density at radius 1 is 1.43 bits per heavy atom. The van der Waals surface area contributed by atoms with Gasteiger partial charge in [0.25, 0.3) is 0 Å². The zero-order chi connectivity index (χ0) is 9.80. The van der Waals surface area contributed by atoms with Crippen molar-refractivity contribution >= 4 is 5.69 Å². The molecule has 1 heterocycles. The molecule has 1 aliphatic rings. The molecule has 0 atom stereocenters. The molecule has 3 nitrogen and oxygen atoms in total. The summed E-state index contributed by atoms with van der Waals surface area (Å²) in [5.41, 5.74) is 1.68. The van der Waals surface area contributed by atoms with Crippen LogP contribution in [0.5, 0.6) is 0 Å².